The van der Waals surface area contributed by atoms with Crippen LogP contribution in [0.5, 0.6) is 0 Å². The van der Waals surface area contributed by atoms with E-state index in [9.17, 15) is 4.79 Å². The van der Waals surface area contributed by atoms with Crippen LogP contribution in [0.25, 0.3) is 10.2 Å². The van der Waals surface area contributed by atoms with Gasteiger partial charge < -0.3 is 9.47 Å². The number of hydrogen-bond donors (Lipinski definition) is 0. The summed E-state index contributed by atoms with van der Waals surface area (Å²) in [5.41, 5.74) is 1.04. The zero-order valence-corrected chi connectivity index (χ0v) is 19.9. The van der Waals surface area contributed by atoms with Gasteiger partial charge in [0, 0.05) is 19.6 Å². The van der Waals surface area contributed by atoms with Gasteiger partial charge in [-0.1, -0.05) is 54.9 Å². The second-order valence-electron chi connectivity index (χ2n) is 7.45. The van der Waals surface area contributed by atoms with Crippen LogP contribution < -0.4 is 0 Å². The molecule has 30 heavy (non-hydrogen) atoms. The Morgan fingerprint density at radius 1 is 1.20 bits per heavy atom. The summed E-state index contributed by atoms with van der Waals surface area (Å²) in [6.45, 7) is 2.86. The second-order valence-corrected chi connectivity index (χ2v) is 10.6. The molecule has 1 amide bonds. The molecule has 0 spiro atoms. The topological polar surface area (TPSA) is 63.9 Å². The van der Waals surface area contributed by atoms with Crippen LogP contribution in [-0.4, -0.2) is 48.9 Å². The molecule has 160 valence electrons. The lowest BCUT2D eigenvalue weighted by Gasteiger charge is -2.33. The van der Waals surface area contributed by atoms with Crippen LogP contribution in [0.15, 0.2) is 33.8 Å². The highest BCUT2D eigenvalue weighted by molar-refractivity contribution is 8.00. The maximum Gasteiger partial charge on any atom is 0.233 e. The van der Waals surface area contributed by atoms with E-state index in [4.69, 9.17) is 0 Å². The number of aromatic nitrogens is 4. The van der Waals surface area contributed by atoms with E-state index in [1.165, 1.54) is 35.7 Å². The molecular formula is C21H27N5OS3. The molecular weight excluding hydrogens is 434 g/mol. The number of para-hydroxylation sites is 1. The molecule has 0 saturated heterocycles. The maximum absolute atomic E-state index is 12.8. The SMILES string of the molecule is CCN(C(=O)CSc1nnc(CSc2nc3ccccc3s2)n1C)C1CCCCC1. The van der Waals surface area contributed by atoms with Gasteiger partial charge in [0.2, 0.25) is 5.91 Å². The standard InChI is InChI=1S/C21H27N5OS3/c1-3-26(15-9-5-4-6-10-15)19(27)14-28-20-24-23-18(25(20)2)13-29-21-22-16-11-7-8-12-17(16)30-21/h7-8,11-12,15H,3-6,9-10,13-14H2,1-2H3. The van der Waals surface area contributed by atoms with Crippen LogP contribution >= 0.6 is 34.9 Å². The summed E-state index contributed by atoms with van der Waals surface area (Å²) >= 11 is 4.86. The van der Waals surface area contributed by atoms with Gasteiger partial charge in [0.25, 0.3) is 0 Å². The van der Waals surface area contributed by atoms with Crippen molar-refractivity contribution < 1.29 is 4.79 Å². The highest BCUT2D eigenvalue weighted by Crippen LogP contribution is 2.31. The third-order valence-corrected chi connectivity index (χ3v) is 8.71. The Hall–Kier alpha value is -1.58. The largest absolute Gasteiger partial charge is 0.339 e. The molecule has 1 saturated carbocycles. The molecule has 1 aliphatic rings. The number of amides is 1. The first-order valence-electron chi connectivity index (χ1n) is 10.4. The fraction of sp³-hybridized carbons (Fsp3) is 0.524. The first kappa shape index (κ1) is 21.6. The van der Waals surface area contributed by atoms with Gasteiger partial charge in [0.05, 0.1) is 21.7 Å². The molecule has 6 nitrogen and oxygen atoms in total. The highest BCUT2D eigenvalue weighted by Gasteiger charge is 2.24. The fourth-order valence-corrected chi connectivity index (χ4v) is 6.74. The predicted octanol–water partition coefficient (Wildman–Crippen LogP) is 4.99. The molecule has 2 heterocycles. The third kappa shape index (κ3) is 5.00. The van der Waals surface area contributed by atoms with E-state index in [0.29, 0.717) is 17.5 Å². The van der Waals surface area contributed by atoms with E-state index in [1.807, 2.05) is 29.8 Å². The minimum absolute atomic E-state index is 0.211. The smallest absolute Gasteiger partial charge is 0.233 e. The van der Waals surface area contributed by atoms with Crippen LogP contribution in [0.1, 0.15) is 44.9 Å². The van der Waals surface area contributed by atoms with Gasteiger partial charge >= 0.3 is 0 Å². The van der Waals surface area contributed by atoms with E-state index in [-0.39, 0.29) is 5.91 Å². The zero-order valence-electron chi connectivity index (χ0n) is 17.4. The Morgan fingerprint density at radius 3 is 2.77 bits per heavy atom. The van der Waals surface area contributed by atoms with Crippen LogP contribution in [-0.2, 0) is 17.6 Å². The number of nitrogens with zero attached hydrogens (tertiary/aromatic N) is 5. The van der Waals surface area contributed by atoms with Crippen molar-refractivity contribution in [2.75, 3.05) is 12.3 Å². The zero-order chi connectivity index (χ0) is 20.9. The van der Waals surface area contributed by atoms with Gasteiger partial charge in [0.1, 0.15) is 5.82 Å². The molecule has 0 unspecified atom stereocenters. The van der Waals surface area contributed by atoms with Crippen molar-refractivity contribution in [3.05, 3.63) is 30.1 Å². The highest BCUT2D eigenvalue weighted by atomic mass is 32.2. The molecule has 3 aromatic rings. The second kappa shape index (κ2) is 10.2. The minimum atomic E-state index is 0.211. The third-order valence-electron chi connectivity index (χ3n) is 5.53. The van der Waals surface area contributed by atoms with Crippen LogP contribution in [0.4, 0.5) is 0 Å². The summed E-state index contributed by atoms with van der Waals surface area (Å²) in [5, 5.41) is 9.45. The normalized spacial score (nSPS) is 15.0. The summed E-state index contributed by atoms with van der Waals surface area (Å²) in [4.78, 5) is 19.5. The molecule has 1 aromatic carbocycles. The van der Waals surface area contributed by atoms with E-state index in [1.54, 1.807) is 23.1 Å². The van der Waals surface area contributed by atoms with Crippen molar-refractivity contribution in [1.82, 2.24) is 24.6 Å². The van der Waals surface area contributed by atoms with Crippen molar-refractivity contribution in [3.8, 4) is 0 Å². The minimum Gasteiger partial charge on any atom is -0.339 e. The average Bonchev–Trinajstić information content (AvgIpc) is 3.35. The van der Waals surface area contributed by atoms with Crippen molar-refractivity contribution in [2.45, 2.75) is 60.3 Å². The summed E-state index contributed by atoms with van der Waals surface area (Å²) in [6, 6.07) is 8.60. The van der Waals surface area contributed by atoms with E-state index in [2.05, 4.69) is 33.1 Å². The summed E-state index contributed by atoms with van der Waals surface area (Å²) in [6.07, 6.45) is 6.05. The monoisotopic (exact) mass is 461 g/mol. The first-order valence-corrected chi connectivity index (χ1v) is 13.2. The fourth-order valence-electron chi connectivity index (χ4n) is 3.88. The lowest BCUT2D eigenvalue weighted by molar-refractivity contribution is -0.131. The molecule has 1 aliphatic carbocycles. The number of rotatable bonds is 8. The number of thiazole rings is 1. The van der Waals surface area contributed by atoms with Crippen molar-refractivity contribution in [1.29, 1.82) is 0 Å². The van der Waals surface area contributed by atoms with Crippen LogP contribution in [0.2, 0.25) is 0 Å². The van der Waals surface area contributed by atoms with Crippen molar-refractivity contribution in [2.24, 2.45) is 7.05 Å². The number of benzene rings is 1. The van der Waals surface area contributed by atoms with Gasteiger partial charge in [0.15, 0.2) is 9.50 Å². The summed E-state index contributed by atoms with van der Waals surface area (Å²) in [5.74, 6) is 2.24. The van der Waals surface area contributed by atoms with E-state index < -0.39 is 0 Å². The predicted molar refractivity (Wildman–Crippen MR) is 125 cm³/mol. The van der Waals surface area contributed by atoms with Gasteiger partial charge in [-0.15, -0.1) is 21.5 Å². The van der Waals surface area contributed by atoms with Crippen molar-refractivity contribution in [3.63, 3.8) is 0 Å². The van der Waals surface area contributed by atoms with Crippen molar-refractivity contribution >= 4 is 51.0 Å². The molecule has 0 atom stereocenters. The van der Waals surface area contributed by atoms with Gasteiger partial charge in [-0.05, 0) is 31.9 Å². The molecule has 9 heteroatoms. The number of hydrogen-bond acceptors (Lipinski definition) is 7. The number of fused-ring (bicyclic) bond motifs is 1. The molecule has 0 aliphatic heterocycles. The lowest BCUT2D eigenvalue weighted by Crippen LogP contribution is -2.42. The molecule has 0 N–H and O–H groups in total. The quantitative estimate of drug-likeness (QED) is 0.440. The molecule has 4 rings (SSSR count). The first-order chi connectivity index (χ1) is 14.7. The number of carbonyl (C=O) groups is 1. The van der Waals surface area contributed by atoms with Gasteiger partial charge in [-0.3, -0.25) is 4.79 Å². The van der Waals surface area contributed by atoms with Gasteiger partial charge in [-0.25, -0.2) is 4.98 Å². The summed E-state index contributed by atoms with van der Waals surface area (Å²) < 4.78 is 4.23. The Labute approximate surface area is 189 Å². The average molecular weight is 462 g/mol. The van der Waals surface area contributed by atoms with E-state index >= 15 is 0 Å². The summed E-state index contributed by atoms with van der Waals surface area (Å²) in [7, 11) is 1.97. The van der Waals surface area contributed by atoms with Crippen LogP contribution in [0, 0.1) is 0 Å². The molecule has 0 bridgehead atoms. The van der Waals surface area contributed by atoms with Crippen LogP contribution in [0.3, 0.4) is 0 Å². The maximum atomic E-state index is 12.8. The Morgan fingerprint density at radius 2 is 2.00 bits per heavy atom. The Balaban J connectivity index is 1.32. The van der Waals surface area contributed by atoms with E-state index in [0.717, 1.165) is 40.2 Å². The Bertz CT molecular complexity index is 963. The van der Waals surface area contributed by atoms with Gasteiger partial charge in [-0.2, -0.15) is 0 Å². The lowest BCUT2D eigenvalue weighted by atomic mass is 9.94. The number of carbonyl (C=O) groups excluding carboxylic acids is 1. The molecule has 2 aromatic heterocycles. The number of thioether (sulfide) groups is 2. The molecule has 0 radical (unpaired) electrons. The Kier molecular flexibility index (Phi) is 7.32. The molecule has 1 fully saturated rings.